The Morgan fingerprint density at radius 3 is 2.71 bits per heavy atom. The highest BCUT2D eigenvalue weighted by Crippen LogP contribution is 2.11. The van der Waals surface area contributed by atoms with E-state index >= 15 is 0 Å². The van der Waals surface area contributed by atoms with Gasteiger partial charge in [-0.2, -0.15) is 12.7 Å². The molecule has 1 fully saturated rings. The predicted octanol–water partition coefficient (Wildman–Crippen LogP) is 1.35. The lowest BCUT2D eigenvalue weighted by Gasteiger charge is -2.21. The van der Waals surface area contributed by atoms with Gasteiger partial charge in [-0.25, -0.2) is 4.72 Å². The smallest absolute Gasteiger partial charge is 0.279 e. The van der Waals surface area contributed by atoms with E-state index in [9.17, 15) is 13.2 Å². The summed E-state index contributed by atoms with van der Waals surface area (Å²) in [5.41, 5.74) is 0. The molecule has 1 amide bonds. The Kier molecular flexibility index (Phi) is 8.21. The Morgan fingerprint density at radius 1 is 1.24 bits per heavy atom. The normalized spacial score (nSPS) is 17.3. The Hall–Kier alpha value is -0.660. The van der Waals surface area contributed by atoms with Crippen LogP contribution in [0, 0.1) is 0 Å². The summed E-state index contributed by atoms with van der Waals surface area (Å²) >= 11 is 0. The lowest BCUT2D eigenvalue weighted by molar-refractivity contribution is -0.130. The number of carbonyl (C=O) groups is 1. The molecule has 1 heterocycles. The summed E-state index contributed by atoms with van der Waals surface area (Å²) in [7, 11) is -1.78. The van der Waals surface area contributed by atoms with Gasteiger partial charge in [0.2, 0.25) is 5.91 Å². The zero-order valence-corrected chi connectivity index (χ0v) is 14.1. The average molecular weight is 319 g/mol. The van der Waals surface area contributed by atoms with Crippen molar-refractivity contribution in [2.75, 3.05) is 33.2 Å². The monoisotopic (exact) mass is 319 g/mol. The first-order chi connectivity index (χ1) is 9.97. The van der Waals surface area contributed by atoms with Gasteiger partial charge in [0.05, 0.1) is 0 Å². The van der Waals surface area contributed by atoms with Gasteiger partial charge < -0.3 is 4.90 Å². The van der Waals surface area contributed by atoms with E-state index in [1.54, 1.807) is 7.05 Å². The van der Waals surface area contributed by atoms with E-state index in [1.807, 2.05) is 11.8 Å². The van der Waals surface area contributed by atoms with Crippen LogP contribution in [-0.4, -0.2) is 56.8 Å². The summed E-state index contributed by atoms with van der Waals surface area (Å²) in [6.07, 6.45) is 6.26. The first-order valence-electron chi connectivity index (χ1n) is 7.96. The Morgan fingerprint density at radius 2 is 2.00 bits per heavy atom. The highest BCUT2D eigenvalue weighted by molar-refractivity contribution is 7.87. The zero-order valence-electron chi connectivity index (χ0n) is 13.3. The molecule has 1 N–H and O–H groups in total. The molecule has 0 aromatic rings. The van der Waals surface area contributed by atoms with Crippen LogP contribution in [0.2, 0.25) is 0 Å². The fraction of sp³-hybridized carbons (Fsp3) is 0.929. The van der Waals surface area contributed by atoms with Crippen molar-refractivity contribution in [1.82, 2.24) is 13.9 Å². The van der Waals surface area contributed by atoms with Gasteiger partial charge >= 0.3 is 0 Å². The van der Waals surface area contributed by atoms with E-state index in [0.717, 1.165) is 38.6 Å². The molecule has 0 atom stereocenters. The number of amides is 1. The lowest BCUT2D eigenvalue weighted by atomic mass is 10.2. The molecule has 0 aromatic carbocycles. The Bertz CT molecular complexity index is 412. The van der Waals surface area contributed by atoms with E-state index in [2.05, 4.69) is 4.72 Å². The first-order valence-corrected chi connectivity index (χ1v) is 9.40. The van der Waals surface area contributed by atoms with Crippen LogP contribution in [0.25, 0.3) is 0 Å². The topological polar surface area (TPSA) is 69.7 Å². The van der Waals surface area contributed by atoms with Crippen LogP contribution in [0.1, 0.15) is 51.9 Å². The van der Waals surface area contributed by atoms with Gasteiger partial charge in [-0.15, -0.1) is 0 Å². The molecule has 1 rings (SSSR count). The maximum atomic E-state index is 11.9. The van der Waals surface area contributed by atoms with Crippen LogP contribution in [-0.2, 0) is 15.0 Å². The highest BCUT2D eigenvalue weighted by Gasteiger charge is 2.18. The second-order valence-corrected chi connectivity index (χ2v) is 7.48. The molecule has 0 saturated carbocycles. The van der Waals surface area contributed by atoms with Crippen molar-refractivity contribution in [3.05, 3.63) is 0 Å². The van der Waals surface area contributed by atoms with Crippen LogP contribution in [0.4, 0.5) is 0 Å². The van der Waals surface area contributed by atoms with Gasteiger partial charge in [0, 0.05) is 39.6 Å². The van der Waals surface area contributed by atoms with Crippen LogP contribution in [0.15, 0.2) is 0 Å². The molecule has 0 unspecified atom stereocenters. The van der Waals surface area contributed by atoms with Crippen LogP contribution >= 0.6 is 0 Å². The van der Waals surface area contributed by atoms with Crippen molar-refractivity contribution in [2.45, 2.75) is 51.9 Å². The molecular formula is C14H29N3O3S. The third-order valence-corrected chi connectivity index (χ3v) is 5.37. The minimum Gasteiger partial charge on any atom is -0.343 e. The molecule has 0 aromatic heterocycles. The maximum absolute atomic E-state index is 11.9. The van der Waals surface area contributed by atoms with E-state index in [1.165, 1.54) is 4.31 Å². The summed E-state index contributed by atoms with van der Waals surface area (Å²) in [5.74, 6) is 0.204. The van der Waals surface area contributed by atoms with Gasteiger partial charge in [0.1, 0.15) is 0 Å². The number of hydrogen-bond donors (Lipinski definition) is 1. The number of rotatable bonds is 9. The predicted molar refractivity (Wildman–Crippen MR) is 84.1 cm³/mol. The van der Waals surface area contributed by atoms with Crippen LogP contribution in [0.5, 0.6) is 0 Å². The van der Waals surface area contributed by atoms with Crippen molar-refractivity contribution < 1.29 is 13.2 Å². The van der Waals surface area contributed by atoms with E-state index in [4.69, 9.17) is 0 Å². The molecule has 124 valence electrons. The first kappa shape index (κ1) is 18.4. The summed E-state index contributed by atoms with van der Waals surface area (Å²) in [5, 5.41) is 0. The fourth-order valence-corrected chi connectivity index (χ4v) is 3.35. The van der Waals surface area contributed by atoms with E-state index in [-0.39, 0.29) is 5.91 Å². The molecule has 6 nitrogen and oxygen atoms in total. The summed E-state index contributed by atoms with van der Waals surface area (Å²) in [4.78, 5) is 13.7. The number of unbranched alkanes of at least 4 members (excludes halogenated alkanes) is 1. The number of hydrogen-bond acceptors (Lipinski definition) is 3. The van der Waals surface area contributed by atoms with Gasteiger partial charge in [-0.1, -0.05) is 19.8 Å². The molecule has 7 heteroatoms. The molecular weight excluding hydrogens is 290 g/mol. The number of nitrogens with zero attached hydrogens (tertiary/aromatic N) is 2. The standard InChI is InChI=1S/C14H29N3O3S/c1-3-4-11-16(2)21(19,20)15-10-8-13-17-12-7-5-6-9-14(17)18/h15H,3-13H2,1-2H3. The third-order valence-electron chi connectivity index (χ3n) is 3.80. The lowest BCUT2D eigenvalue weighted by Crippen LogP contribution is -2.40. The highest BCUT2D eigenvalue weighted by atomic mass is 32.2. The number of likely N-dealkylation sites (tertiary alicyclic amines) is 1. The Labute approximate surface area is 129 Å². The molecule has 0 radical (unpaired) electrons. The molecule has 0 spiro atoms. The van der Waals surface area contributed by atoms with Gasteiger partial charge in [-0.3, -0.25) is 4.79 Å². The van der Waals surface area contributed by atoms with Crippen LogP contribution in [0.3, 0.4) is 0 Å². The van der Waals surface area contributed by atoms with Gasteiger partial charge in [-0.05, 0) is 25.7 Å². The summed E-state index contributed by atoms with van der Waals surface area (Å²) < 4.78 is 27.8. The van der Waals surface area contributed by atoms with E-state index < -0.39 is 10.2 Å². The maximum Gasteiger partial charge on any atom is 0.279 e. The minimum absolute atomic E-state index is 0.204. The largest absolute Gasteiger partial charge is 0.343 e. The second kappa shape index (κ2) is 9.38. The molecule has 0 bridgehead atoms. The molecule has 0 aliphatic carbocycles. The molecule has 1 aliphatic rings. The zero-order chi connectivity index (χ0) is 15.7. The fourth-order valence-electron chi connectivity index (χ4n) is 2.36. The Balaban J connectivity index is 2.27. The average Bonchev–Trinajstić information content (AvgIpc) is 2.65. The van der Waals surface area contributed by atoms with Gasteiger partial charge in [0.15, 0.2) is 0 Å². The van der Waals surface area contributed by atoms with Crippen molar-refractivity contribution in [2.24, 2.45) is 0 Å². The second-order valence-electron chi connectivity index (χ2n) is 5.62. The number of carbonyl (C=O) groups excluding carboxylic acids is 1. The van der Waals surface area contributed by atoms with Crippen LogP contribution < -0.4 is 4.72 Å². The molecule has 1 aliphatic heterocycles. The number of nitrogens with one attached hydrogen (secondary N) is 1. The van der Waals surface area contributed by atoms with Crippen molar-refractivity contribution in [3.8, 4) is 0 Å². The van der Waals surface area contributed by atoms with Gasteiger partial charge in [0.25, 0.3) is 10.2 Å². The quantitative estimate of drug-likeness (QED) is 0.652. The van der Waals surface area contributed by atoms with Crippen molar-refractivity contribution in [1.29, 1.82) is 0 Å². The molecule has 21 heavy (non-hydrogen) atoms. The van der Waals surface area contributed by atoms with E-state index in [0.29, 0.717) is 32.5 Å². The minimum atomic E-state index is -3.38. The molecule has 1 saturated heterocycles. The van der Waals surface area contributed by atoms with Crippen molar-refractivity contribution >= 4 is 16.1 Å². The SMILES string of the molecule is CCCCN(C)S(=O)(=O)NCCCN1CCCCCC1=O. The summed E-state index contributed by atoms with van der Waals surface area (Å²) in [6.45, 7) is 4.40. The van der Waals surface area contributed by atoms with Crippen molar-refractivity contribution in [3.63, 3.8) is 0 Å². The summed E-state index contributed by atoms with van der Waals surface area (Å²) in [6, 6.07) is 0. The third kappa shape index (κ3) is 6.76.